The summed E-state index contributed by atoms with van der Waals surface area (Å²) >= 11 is 6.43. The Hall–Kier alpha value is -2.06. The third-order valence-corrected chi connectivity index (χ3v) is 7.52. The Morgan fingerprint density at radius 3 is 2.67 bits per heavy atom. The number of hydrogen-bond donors (Lipinski definition) is 1. The van der Waals surface area contributed by atoms with Crippen molar-refractivity contribution in [1.82, 2.24) is 10.2 Å². The molecule has 2 saturated carbocycles. The molecule has 2 atom stereocenters. The van der Waals surface area contributed by atoms with Crippen molar-refractivity contribution in [1.29, 1.82) is 0 Å². The second kappa shape index (κ2) is 8.62. The number of rotatable bonds is 2. The first kappa shape index (κ1) is 22.7. The van der Waals surface area contributed by atoms with E-state index in [1.165, 1.54) is 4.90 Å². The van der Waals surface area contributed by atoms with Crippen LogP contribution in [0.3, 0.4) is 0 Å². The zero-order chi connectivity index (χ0) is 23.3. The lowest BCUT2D eigenvalue weighted by molar-refractivity contribution is -0.136. The zero-order valence-corrected chi connectivity index (χ0v) is 18.9. The first-order valence-electron chi connectivity index (χ1n) is 11.6. The summed E-state index contributed by atoms with van der Waals surface area (Å²) in [5.74, 6) is -0.468. The van der Waals surface area contributed by atoms with E-state index < -0.39 is 23.2 Å². The van der Waals surface area contributed by atoms with E-state index in [2.05, 4.69) is 5.32 Å². The number of hydrogen-bond acceptors (Lipinski definition) is 4. The third-order valence-electron chi connectivity index (χ3n) is 7.14. The minimum atomic E-state index is -4.64. The van der Waals surface area contributed by atoms with E-state index in [0.717, 1.165) is 44.6 Å². The highest BCUT2D eigenvalue weighted by atomic mass is 35.5. The monoisotopic (exact) mass is 482 g/mol. The van der Waals surface area contributed by atoms with Crippen molar-refractivity contribution >= 4 is 34.3 Å². The van der Waals surface area contributed by atoms with Gasteiger partial charge in [-0.05, 0) is 68.1 Å². The lowest BCUT2D eigenvalue weighted by Crippen LogP contribution is -2.41. The summed E-state index contributed by atoms with van der Waals surface area (Å²) in [5.41, 5.74) is -0.796. The van der Waals surface area contributed by atoms with Gasteiger partial charge in [0.05, 0.1) is 17.1 Å². The van der Waals surface area contributed by atoms with Crippen LogP contribution in [-0.4, -0.2) is 42.3 Å². The van der Waals surface area contributed by atoms with E-state index in [1.807, 2.05) is 0 Å². The van der Waals surface area contributed by atoms with Crippen molar-refractivity contribution < 1.29 is 27.2 Å². The molecule has 33 heavy (non-hydrogen) atoms. The van der Waals surface area contributed by atoms with Crippen molar-refractivity contribution in [2.75, 3.05) is 19.6 Å². The molecule has 2 aromatic rings. The highest BCUT2D eigenvalue weighted by Gasteiger charge is 2.39. The molecule has 2 aliphatic carbocycles. The molecule has 1 aromatic carbocycles. The Labute approximate surface area is 194 Å². The van der Waals surface area contributed by atoms with E-state index >= 15 is 0 Å². The second-order valence-corrected chi connectivity index (χ2v) is 9.97. The van der Waals surface area contributed by atoms with Gasteiger partial charge in [-0.25, -0.2) is 0 Å². The van der Waals surface area contributed by atoms with Crippen molar-refractivity contribution in [3.05, 3.63) is 34.0 Å². The Bertz CT molecular complexity index is 1090. The molecule has 5 rings (SSSR count). The molecular weight excluding hydrogens is 457 g/mol. The normalized spacial score (nSPS) is 24.8. The average molecular weight is 483 g/mol. The lowest BCUT2D eigenvalue weighted by atomic mass is 10.00. The van der Waals surface area contributed by atoms with Gasteiger partial charge in [0, 0.05) is 30.9 Å². The summed E-state index contributed by atoms with van der Waals surface area (Å²) in [6.45, 7) is 0.636. The van der Waals surface area contributed by atoms with Crippen LogP contribution in [0.4, 0.5) is 13.2 Å². The van der Waals surface area contributed by atoms with Crippen LogP contribution in [0, 0.1) is 5.92 Å². The smallest absolute Gasteiger partial charge is 0.420 e. The molecule has 3 aliphatic rings. The molecule has 178 valence electrons. The molecule has 1 amide bonds. The largest absolute Gasteiger partial charge is 0.449 e. The standard InChI is InChI=1S/C24H26ClF3N2O3/c25-20-18-10-15(14-3-4-14)11-19(24(26,27)28)21(18)33-22(20)23(32)30-8-7-29-16-5-1-13(9-16)2-6-17(31)12-30/h10-11,13-14,16,29H,1-9,12H2. The molecule has 1 N–H and O–H groups in total. The van der Waals surface area contributed by atoms with Crippen LogP contribution < -0.4 is 5.32 Å². The highest BCUT2D eigenvalue weighted by Crippen LogP contribution is 2.47. The van der Waals surface area contributed by atoms with Gasteiger partial charge in [0.15, 0.2) is 5.78 Å². The minimum absolute atomic E-state index is 0.0621. The number of carbonyl (C=O) groups excluding carboxylic acids is 2. The maximum absolute atomic E-state index is 13.8. The summed E-state index contributed by atoms with van der Waals surface area (Å²) in [4.78, 5) is 27.2. The molecular formula is C24H26ClF3N2O3. The van der Waals surface area contributed by atoms with Crippen LogP contribution in [0.15, 0.2) is 16.5 Å². The number of Topliss-reactive ketones (excluding diaryl/α,β-unsaturated/α-hetero) is 1. The second-order valence-electron chi connectivity index (χ2n) is 9.60. The van der Waals surface area contributed by atoms with Gasteiger partial charge in [0.2, 0.25) is 5.76 Å². The van der Waals surface area contributed by atoms with Crippen LogP contribution >= 0.6 is 11.6 Å². The maximum Gasteiger partial charge on any atom is 0.420 e. The molecule has 1 aliphatic heterocycles. The zero-order valence-electron chi connectivity index (χ0n) is 18.1. The van der Waals surface area contributed by atoms with Gasteiger partial charge in [-0.3, -0.25) is 9.59 Å². The highest BCUT2D eigenvalue weighted by molar-refractivity contribution is 6.38. The number of nitrogens with one attached hydrogen (secondary N) is 1. The fourth-order valence-corrected chi connectivity index (χ4v) is 5.43. The summed E-state index contributed by atoms with van der Waals surface area (Å²) in [5, 5.41) is 3.41. The van der Waals surface area contributed by atoms with E-state index in [4.69, 9.17) is 16.0 Å². The van der Waals surface area contributed by atoms with Crippen molar-refractivity contribution in [2.24, 2.45) is 5.92 Å². The fraction of sp³-hybridized carbons (Fsp3) is 0.583. The number of alkyl halides is 3. The molecule has 3 fully saturated rings. The number of nitrogens with zero attached hydrogens (tertiary/aromatic N) is 1. The predicted octanol–water partition coefficient (Wildman–Crippen LogP) is 5.55. The Morgan fingerprint density at radius 2 is 1.94 bits per heavy atom. The number of halogens is 4. The molecule has 0 spiro atoms. The number of fused-ring (bicyclic) bond motifs is 3. The summed E-state index contributed by atoms with van der Waals surface area (Å²) in [6.07, 6.45) is 1.38. The molecule has 2 bridgehead atoms. The summed E-state index contributed by atoms with van der Waals surface area (Å²) in [7, 11) is 0. The third kappa shape index (κ3) is 4.64. The van der Waals surface area contributed by atoms with Crippen molar-refractivity contribution in [3.8, 4) is 0 Å². The molecule has 2 unspecified atom stereocenters. The Balaban J connectivity index is 1.47. The summed E-state index contributed by atoms with van der Waals surface area (Å²) < 4.78 is 46.8. The molecule has 2 heterocycles. The fourth-order valence-electron chi connectivity index (χ4n) is 5.17. The van der Waals surface area contributed by atoms with Crippen LogP contribution in [0.25, 0.3) is 11.0 Å². The first-order chi connectivity index (χ1) is 15.7. The van der Waals surface area contributed by atoms with Crippen LogP contribution in [0.2, 0.25) is 5.02 Å². The molecule has 1 aromatic heterocycles. The van der Waals surface area contributed by atoms with Crippen LogP contribution in [0.1, 0.15) is 72.5 Å². The van der Waals surface area contributed by atoms with Gasteiger partial charge in [-0.1, -0.05) is 11.6 Å². The summed E-state index contributed by atoms with van der Waals surface area (Å²) in [6, 6.07) is 3.07. The number of benzene rings is 1. The predicted molar refractivity (Wildman–Crippen MR) is 117 cm³/mol. The molecule has 1 saturated heterocycles. The van der Waals surface area contributed by atoms with Crippen molar-refractivity contribution in [3.63, 3.8) is 0 Å². The molecule has 5 nitrogen and oxygen atoms in total. The minimum Gasteiger partial charge on any atom is -0.449 e. The topological polar surface area (TPSA) is 62.6 Å². The van der Waals surface area contributed by atoms with Crippen LogP contribution in [0.5, 0.6) is 0 Å². The van der Waals surface area contributed by atoms with Gasteiger partial charge in [-0.2, -0.15) is 13.2 Å². The van der Waals surface area contributed by atoms with E-state index in [1.54, 1.807) is 6.07 Å². The van der Waals surface area contributed by atoms with Crippen molar-refractivity contribution in [2.45, 2.75) is 63.1 Å². The Morgan fingerprint density at radius 1 is 1.15 bits per heavy atom. The van der Waals surface area contributed by atoms with E-state index in [0.29, 0.717) is 30.5 Å². The van der Waals surface area contributed by atoms with E-state index in [-0.39, 0.29) is 41.0 Å². The maximum atomic E-state index is 13.8. The lowest BCUT2D eigenvalue weighted by Gasteiger charge is -2.22. The number of amides is 1. The van der Waals surface area contributed by atoms with Gasteiger partial charge in [-0.15, -0.1) is 0 Å². The SMILES string of the molecule is O=C1CCC2CCC(C2)NCCN(C(=O)c2oc3c(C(F)(F)F)cc(C4CC4)cc3c2Cl)C1. The quantitative estimate of drug-likeness (QED) is 0.610. The van der Waals surface area contributed by atoms with Gasteiger partial charge >= 0.3 is 6.18 Å². The number of carbonyl (C=O) groups is 2. The van der Waals surface area contributed by atoms with Gasteiger partial charge in [0.1, 0.15) is 5.58 Å². The number of furan rings is 1. The Kier molecular flexibility index (Phi) is 5.93. The van der Waals surface area contributed by atoms with E-state index in [9.17, 15) is 22.8 Å². The van der Waals surface area contributed by atoms with Gasteiger partial charge in [0.25, 0.3) is 5.91 Å². The average Bonchev–Trinajstić information content (AvgIpc) is 3.43. The van der Waals surface area contributed by atoms with Crippen LogP contribution in [-0.2, 0) is 11.0 Å². The van der Waals surface area contributed by atoms with Gasteiger partial charge < -0.3 is 14.6 Å². The molecule has 9 heteroatoms. The first-order valence-corrected chi connectivity index (χ1v) is 12.0. The number of ketones is 1. The molecule has 0 radical (unpaired) electrons.